The first-order valence-electron chi connectivity index (χ1n) is 18.7. The smallest absolute Gasteiger partial charge is 0.329 e. The summed E-state index contributed by atoms with van der Waals surface area (Å²) in [7, 11) is 3.78. The molecule has 3 heterocycles. The van der Waals surface area contributed by atoms with Gasteiger partial charge < -0.3 is 19.9 Å². The molecule has 11 heteroatoms. The van der Waals surface area contributed by atoms with Crippen molar-refractivity contribution in [3.05, 3.63) is 35.9 Å². The maximum Gasteiger partial charge on any atom is 0.329 e. The van der Waals surface area contributed by atoms with Crippen molar-refractivity contribution in [3.8, 4) is 0 Å². The fourth-order valence-corrected chi connectivity index (χ4v) is 7.85. The minimum atomic E-state index is -0.702. The number of likely N-dealkylation sites (N-methyl/N-ethyl adjacent to an activating group) is 2. The molecule has 0 aliphatic carbocycles. The van der Waals surface area contributed by atoms with Crippen LogP contribution in [-0.2, 0) is 28.7 Å². The molecule has 0 saturated carbocycles. The molecule has 1 aromatic rings. The molecule has 0 radical (unpaired) electrons. The largest absolute Gasteiger partial charge is 0.455 e. The predicted molar refractivity (Wildman–Crippen MR) is 193 cm³/mol. The van der Waals surface area contributed by atoms with Gasteiger partial charge in [-0.15, -0.1) is 0 Å². The van der Waals surface area contributed by atoms with Crippen LogP contribution in [0.25, 0.3) is 0 Å². The van der Waals surface area contributed by atoms with E-state index in [9.17, 15) is 24.0 Å². The first-order chi connectivity index (χ1) is 23.6. The Hall–Kier alpha value is -3.31. The predicted octanol–water partition coefficient (Wildman–Crippen LogP) is 4.20. The van der Waals surface area contributed by atoms with Crippen LogP contribution in [0.4, 0.5) is 0 Å². The van der Waals surface area contributed by atoms with E-state index in [4.69, 9.17) is 4.74 Å². The maximum atomic E-state index is 14.2. The minimum Gasteiger partial charge on any atom is -0.455 e. The highest BCUT2D eigenvalue weighted by molar-refractivity contribution is 5.91. The lowest BCUT2D eigenvalue weighted by Crippen LogP contribution is -2.61. The average molecular weight is 696 g/mol. The standard InChI is InChI=1S/C39H61N5O6/c1-26(2)32(42(8)37(48)34(39(4,5)6)40-35(46)29-18-12-13-21-41(29)7)25-43-22-14-19-30(43)36(47)44-23-15-20-31(44)38(49)50-33(24-27(3)45)28-16-10-9-11-17-28/h9-11,16-17,26,29-34H,12-15,18-25H2,1-8H3,(H,40,46)/t29-,30+,31+,32-,33?,34-/m1/s1. The molecule has 3 saturated heterocycles. The Labute approximate surface area is 299 Å². The van der Waals surface area contributed by atoms with Gasteiger partial charge in [-0.1, -0.05) is 71.4 Å². The number of rotatable bonds is 13. The van der Waals surface area contributed by atoms with E-state index in [1.165, 1.54) is 6.92 Å². The monoisotopic (exact) mass is 695 g/mol. The number of ketones is 1. The minimum absolute atomic E-state index is 0.0764. The number of carbonyl (C=O) groups is 5. The summed E-state index contributed by atoms with van der Waals surface area (Å²) < 4.78 is 5.93. The summed E-state index contributed by atoms with van der Waals surface area (Å²) in [6.45, 7) is 14.1. The molecule has 6 atom stereocenters. The highest BCUT2D eigenvalue weighted by atomic mass is 16.5. The van der Waals surface area contributed by atoms with Crippen LogP contribution in [0.1, 0.15) is 105 Å². The number of carbonyl (C=O) groups excluding carboxylic acids is 5. The lowest BCUT2D eigenvalue weighted by Gasteiger charge is -2.41. The highest BCUT2D eigenvalue weighted by Gasteiger charge is 2.44. The molecule has 278 valence electrons. The van der Waals surface area contributed by atoms with Gasteiger partial charge in [0.15, 0.2) is 0 Å². The first kappa shape index (κ1) is 39.5. The van der Waals surface area contributed by atoms with Crippen molar-refractivity contribution in [1.29, 1.82) is 0 Å². The molecule has 1 N–H and O–H groups in total. The fraction of sp³-hybridized carbons (Fsp3) is 0.718. The van der Waals surface area contributed by atoms with Gasteiger partial charge in [0.05, 0.1) is 12.1 Å². The number of amides is 3. The van der Waals surface area contributed by atoms with Gasteiger partial charge in [-0.25, -0.2) is 4.79 Å². The molecular formula is C39H61N5O6. The normalized spacial score (nSPS) is 23.7. The van der Waals surface area contributed by atoms with Gasteiger partial charge in [-0.2, -0.15) is 0 Å². The van der Waals surface area contributed by atoms with Crippen molar-refractivity contribution < 1.29 is 28.7 Å². The fourth-order valence-electron chi connectivity index (χ4n) is 7.85. The van der Waals surface area contributed by atoms with Gasteiger partial charge in [0.25, 0.3) is 0 Å². The lowest BCUT2D eigenvalue weighted by atomic mass is 9.84. The number of likely N-dealkylation sites (tertiary alicyclic amines) is 3. The molecule has 3 amide bonds. The van der Waals surface area contributed by atoms with E-state index in [-0.39, 0.29) is 47.9 Å². The zero-order valence-corrected chi connectivity index (χ0v) is 31.7. The van der Waals surface area contributed by atoms with Crippen molar-refractivity contribution in [2.75, 3.05) is 40.3 Å². The van der Waals surface area contributed by atoms with Gasteiger partial charge in [0, 0.05) is 32.6 Å². The Morgan fingerprint density at radius 2 is 1.54 bits per heavy atom. The van der Waals surface area contributed by atoms with Crippen molar-refractivity contribution in [2.45, 2.75) is 129 Å². The van der Waals surface area contributed by atoms with Crippen LogP contribution < -0.4 is 5.32 Å². The van der Waals surface area contributed by atoms with Gasteiger partial charge in [0.2, 0.25) is 17.7 Å². The summed E-state index contributed by atoms with van der Waals surface area (Å²) in [4.78, 5) is 75.2. The molecule has 3 aliphatic heterocycles. The van der Waals surface area contributed by atoms with E-state index in [0.29, 0.717) is 38.9 Å². The number of esters is 1. The molecule has 1 aromatic carbocycles. The molecule has 0 aromatic heterocycles. The number of hydrogen-bond acceptors (Lipinski definition) is 8. The van der Waals surface area contributed by atoms with E-state index in [1.807, 2.05) is 65.2 Å². The van der Waals surface area contributed by atoms with E-state index in [2.05, 4.69) is 29.0 Å². The van der Waals surface area contributed by atoms with Crippen molar-refractivity contribution in [3.63, 3.8) is 0 Å². The van der Waals surface area contributed by atoms with E-state index < -0.39 is 35.6 Å². The summed E-state index contributed by atoms with van der Waals surface area (Å²) in [5.74, 6) is -0.787. The van der Waals surface area contributed by atoms with Gasteiger partial charge in [0.1, 0.15) is 24.0 Å². The van der Waals surface area contributed by atoms with Crippen molar-refractivity contribution in [2.24, 2.45) is 11.3 Å². The van der Waals surface area contributed by atoms with Crippen LogP contribution >= 0.6 is 0 Å². The zero-order valence-electron chi connectivity index (χ0n) is 31.7. The van der Waals surface area contributed by atoms with Gasteiger partial charge >= 0.3 is 5.97 Å². The van der Waals surface area contributed by atoms with E-state index in [1.54, 1.807) is 9.80 Å². The van der Waals surface area contributed by atoms with Gasteiger partial charge in [-0.3, -0.25) is 29.0 Å². The second-order valence-corrected chi connectivity index (χ2v) is 16.1. The molecule has 3 fully saturated rings. The summed E-state index contributed by atoms with van der Waals surface area (Å²) in [6.07, 6.45) is 4.94. The molecule has 11 nitrogen and oxygen atoms in total. The Kier molecular flexibility index (Phi) is 13.6. The number of Topliss-reactive ketones (excluding diaryl/α,β-unsaturated/α-hetero) is 1. The van der Waals surface area contributed by atoms with Crippen molar-refractivity contribution in [1.82, 2.24) is 24.9 Å². The van der Waals surface area contributed by atoms with Crippen LogP contribution in [0.3, 0.4) is 0 Å². The molecular weight excluding hydrogens is 634 g/mol. The van der Waals surface area contributed by atoms with Crippen LogP contribution in [0, 0.1) is 11.3 Å². The van der Waals surface area contributed by atoms with E-state index >= 15 is 0 Å². The molecule has 4 rings (SSSR count). The molecule has 0 bridgehead atoms. The van der Waals surface area contributed by atoms with Crippen molar-refractivity contribution >= 4 is 29.5 Å². The maximum absolute atomic E-state index is 14.2. The Morgan fingerprint density at radius 1 is 0.900 bits per heavy atom. The zero-order chi connectivity index (χ0) is 36.7. The molecule has 3 aliphatic rings. The van der Waals surface area contributed by atoms with Crippen LogP contribution in [0.15, 0.2) is 30.3 Å². The highest BCUT2D eigenvalue weighted by Crippen LogP contribution is 2.30. The summed E-state index contributed by atoms with van der Waals surface area (Å²) in [6, 6.07) is 7.00. The topological polar surface area (TPSA) is 120 Å². The third-order valence-corrected chi connectivity index (χ3v) is 10.9. The number of hydrogen-bond donors (Lipinski definition) is 1. The summed E-state index contributed by atoms with van der Waals surface area (Å²) in [5, 5.41) is 3.13. The third kappa shape index (κ3) is 9.72. The molecule has 0 spiro atoms. The second-order valence-electron chi connectivity index (χ2n) is 16.1. The van der Waals surface area contributed by atoms with Crippen LogP contribution in [0.2, 0.25) is 0 Å². The van der Waals surface area contributed by atoms with Crippen LogP contribution in [0.5, 0.6) is 0 Å². The summed E-state index contributed by atoms with van der Waals surface area (Å²) >= 11 is 0. The Morgan fingerprint density at radius 3 is 2.16 bits per heavy atom. The second kappa shape index (κ2) is 17.3. The average Bonchev–Trinajstić information content (AvgIpc) is 3.75. The number of benzene rings is 1. The quantitative estimate of drug-likeness (QED) is 0.305. The number of nitrogens with one attached hydrogen (secondary N) is 1. The van der Waals surface area contributed by atoms with Gasteiger partial charge in [-0.05, 0) is 82.5 Å². The Balaban J connectivity index is 1.45. The molecule has 50 heavy (non-hydrogen) atoms. The van der Waals surface area contributed by atoms with E-state index in [0.717, 1.165) is 37.8 Å². The molecule has 1 unspecified atom stereocenters. The number of ether oxygens (including phenoxy) is 1. The first-order valence-corrected chi connectivity index (χ1v) is 18.7. The van der Waals surface area contributed by atoms with Crippen LogP contribution in [-0.4, -0.2) is 120 Å². The lowest BCUT2D eigenvalue weighted by molar-refractivity contribution is -0.160. The SMILES string of the molecule is CC(=O)CC(OC(=O)[C@@H]1CCCN1C(=O)[C@@H]1CCCN1C[C@H](C(C)C)N(C)C(=O)[C@@H](NC(=O)[C@H]1CCCCN1C)C(C)(C)C)c1ccccc1. The number of piperidine rings is 1. The Bertz CT molecular complexity index is 1350. The summed E-state index contributed by atoms with van der Waals surface area (Å²) in [5.41, 5.74) is 0.243. The number of nitrogens with zero attached hydrogens (tertiary/aromatic N) is 4. The third-order valence-electron chi connectivity index (χ3n) is 10.9.